The zero-order valence-electron chi connectivity index (χ0n) is 14.7. The highest BCUT2D eigenvalue weighted by Gasteiger charge is 2.35. The number of carbonyl (C=O) groups excluding carboxylic acids is 1. The van der Waals surface area contributed by atoms with Crippen LogP contribution in [0.15, 0.2) is 18.3 Å². The molecule has 7 heteroatoms. The number of halogens is 2. The topological polar surface area (TPSA) is 51.0 Å². The summed E-state index contributed by atoms with van der Waals surface area (Å²) in [7, 11) is 0. The third-order valence-corrected chi connectivity index (χ3v) is 4.84. The maximum absolute atomic E-state index is 13.1. The molecule has 5 nitrogen and oxygen atoms in total. The quantitative estimate of drug-likeness (QED) is 0.823. The van der Waals surface area contributed by atoms with Gasteiger partial charge in [0.05, 0.1) is 17.9 Å². The van der Waals surface area contributed by atoms with Gasteiger partial charge in [-0.3, -0.25) is 9.48 Å². The summed E-state index contributed by atoms with van der Waals surface area (Å²) in [4.78, 5) is 18.5. The van der Waals surface area contributed by atoms with Crippen LogP contribution in [0.4, 0.5) is 4.39 Å². The van der Waals surface area contributed by atoms with Crippen LogP contribution in [0.2, 0.25) is 5.15 Å². The monoisotopic (exact) mass is 364 g/mol. The summed E-state index contributed by atoms with van der Waals surface area (Å²) in [5.74, 6) is -0.229. The minimum atomic E-state index is -0.455. The lowest BCUT2D eigenvalue weighted by atomic mass is 10.1. The Morgan fingerprint density at radius 1 is 1.44 bits per heavy atom. The van der Waals surface area contributed by atoms with Crippen LogP contribution in [0, 0.1) is 18.7 Å². The fourth-order valence-corrected chi connectivity index (χ4v) is 3.74. The molecule has 0 spiro atoms. The van der Waals surface area contributed by atoms with Crippen molar-refractivity contribution in [2.75, 3.05) is 6.54 Å². The van der Waals surface area contributed by atoms with E-state index in [1.807, 2.05) is 11.6 Å². The first-order valence-electron chi connectivity index (χ1n) is 8.53. The largest absolute Gasteiger partial charge is 0.330 e. The van der Waals surface area contributed by atoms with Crippen LogP contribution in [-0.2, 0) is 6.54 Å². The second-order valence-corrected chi connectivity index (χ2v) is 7.24. The number of carbonyl (C=O) groups is 1. The molecule has 0 N–H and O–H groups in total. The van der Waals surface area contributed by atoms with Crippen LogP contribution >= 0.6 is 11.6 Å². The summed E-state index contributed by atoms with van der Waals surface area (Å²) in [6.45, 7) is 7.51. The number of hydrogen-bond acceptors (Lipinski definition) is 3. The van der Waals surface area contributed by atoms with E-state index < -0.39 is 5.82 Å². The standard InChI is InChI=1S/C18H22ClFN4O/c1-11(2)10-24-17(19)16(12(3)22-24)15-5-4-8-23(15)18(25)14-7-6-13(20)9-21-14/h6-7,9,11,15H,4-5,8,10H2,1-3H3. The molecule has 25 heavy (non-hydrogen) atoms. The fourth-order valence-electron chi connectivity index (χ4n) is 3.37. The first-order chi connectivity index (χ1) is 11.9. The van der Waals surface area contributed by atoms with Crippen molar-refractivity contribution in [1.29, 1.82) is 0 Å². The Balaban J connectivity index is 1.90. The molecule has 0 aliphatic carbocycles. The number of aromatic nitrogens is 3. The van der Waals surface area contributed by atoms with E-state index in [0.717, 1.165) is 36.8 Å². The lowest BCUT2D eigenvalue weighted by molar-refractivity contribution is 0.0729. The Labute approximate surface area is 151 Å². The Kier molecular flexibility index (Phi) is 5.08. The normalized spacial score (nSPS) is 17.5. The van der Waals surface area contributed by atoms with E-state index in [4.69, 9.17) is 11.6 Å². The van der Waals surface area contributed by atoms with Crippen molar-refractivity contribution in [1.82, 2.24) is 19.7 Å². The highest BCUT2D eigenvalue weighted by atomic mass is 35.5. The molecule has 1 fully saturated rings. The van der Waals surface area contributed by atoms with Crippen LogP contribution in [0.1, 0.15) is 54.5 Å². The minimum Gasteiger partial charge on any atom is -0.330 e. The van der Waals surface area contributed by atoms with E-state index in [2.05, 4.69) is 23.9 Å². The number of nitrogens with zero attached hydrogens (tertiary/aromatic N) is 4. The summed E-state index contributed by atoms with van der Waals surface area (Å²) in [6.07, 6.45) is 2.79. The van der Waals surface area contributed by atoms with Crippen LogP contribution in [0.25, 0.3) is 0 Å². The summed E-state index contributed by atoms with van der Waals surface area (Å²) in [6, 6.07) is 2.56. The van der Waals surface area contributed by atoms with Crippen molar-refractivity contribution in [2.24, 2.45) is 5.92 Å². The first kappa shape index (κ1) is 17.9. The molecule has 1 saturated heterocycles. The molecule has 1 amide bonds. The van der Waals surface area contributed by atoms with Gasteiger partial charge in [-0.2, -0.15) is 5.10 Å². The average molecular weight is 365 g/mol. The molecule has 0 radical (unpaired) electrons. The minimum absolute atomic E-state index is 0.118. The van der Waals surface area contributed by atoms with E-state index in [9.17, 15) is 9.18 Å². The van der Waals surface area contributed by atoms with Gasteiger partial charge in [-0.1, -0.05) is 25.4 Å². The van der Waals surface area contributed by atoms with E-state index in [1.165, 1.54) is 12.1 Å². The van der Waals surface area contributed by atoms with Gasteiger partial charge < -0.3 is 4.90 Å². The van der Waals surface area contributed by atoms with Gasteiger partial charge in [-0.15, -0.1) is 0 Å². The molecule has 0 bridgehead atoms. The van der Waals surface area contributed by atoms with E-state index in [-0.39, 0.29) is 17.6 Å². The summed E-state index contributed by atoms with van der Waals surface area (Å²) >= 11 is 6.59. The SMILES string of the molecule is Cc1nn(CC(C)C)c(Cl)c1C1CCCN1C(=O)c1ccc(F)cn1. The van der Waals surface area contributed by atoms with Gasteiger partial charge in [-0.05, 0) is 37.8 Å². The Hall–Kier alpha value is -1.95. The van der Waals surface area contributed by atoms with Gasteiger partial charge in [-0.25, -0.2) is 9.37 Å². The van der Waals surface area contributed by atoms with Crippen molar-refractivity contribution < 1.29 is 9.18 Å². The van der Waals surface area contributed by atoms with Gasteiger partial charge in [0, 0.05) is 18.7 Å². The number of rotatable bonds is 4. The van der Waals surface area contributed by atoms with Crippen LogP contribution < -0.4 is 0 Å². The Morgan fingerprint density at radius 3 is 2.84 bits per heavy atom. The maximum atomic E-state index is 13.1. The fraction of sp³-hybridized carbons (Fsp3) is 0.500. The summed E-state index contributed by atoms with van der Waals surface area (Å²) in [5, 5.41) is 5.15. The van der Waals surface area contributed by atoms with Crippen molar-refractivity contribution in [3.8, 4) is 0 Å². The van der Waals surface area contributed by atoms with Crippen molar-refractivity contribution >= 4 is 17.5 Å². The molecule has 3 heterocycles. The lowest BCUT2D eigenvalue weighted by Crippen LogP contribution is -2.31. The first-order valence-corrected chi connectivity index (χ1v) is 8.91. The number of hydrogen-bond donors (Lipinski definition) is 0. The molecule has 1 aliphatic rings. The third kappa shape index (κ3) is 3.54. The molecule has 0 aromatic carbocycles. The maximum Gasteiger partial charge on any atom is 0.272 e. The van der Waals surface area contributed by atoms with E-state index in [0.29, 0.717) is 17.6 Å². The van der Waals surface area contributed by atoms with E-state index >= 15 is 0 Å². The predicted molar refractivity (Wildman–Crippen MR) is 94.0 cm³/mol. The molecule has 1 atom stereocenters. The van der Waals surface area contributed by atoms with Gasteiger partial charge >= 0.3 is 0 Å². The number of amides is 1. The molecule has 2 aromatic rings. The Bertz CT molecular complexity index is 772. The highest BCUT2D eigenvalue weighted by Crippen LogP contribution is 2.38. The van der Waals surface area contributed by atoms with Gasteiger partial charge in [0.25, 0.3) is 5.91 Å². The molecule has 3 rings (SSSR count). The van der Waals surface area contributed by atoms with Crippen molar-refractivity contribution in [3.63, 3.8) is 0 Å². The molecule has 134 valence electrons. The molecule has 1 aliphatic heterocycles. The van der Waals surface area contributed by atoms with Gasteiger partial charge in [0.1, 0.15) is 16.7 Å². The van der Waals surface area contributed by atoms with Crippen molar-refractivity contribution in [3.05, 3.63) is 46.3 Å². The predicted octanol–water partition coefficient (Wildman–Crippen LogP) is 4.01. The number of aryl methyl sites for hydroxylation is 1. The van der Waals surface area contributed by atoms with Crippen LogP contribution in [-0.4, -0.2) is 32.1 Å². The molecular weight excluding hydrogens is 343 g/mol. The van der Waals surface area contributed by atoms with Gasteiger partial charge in [0.2, 0.25) is 0 Å². The zero-order valence-corrected chi connectivity index (χ0v) is 15.4. The second-order valence-electron chi connectivity index (χ2n) is 6.88. The highest BCUT2D eigenvalue weighted by molar-refractivity contribution is 6.30. The number of pyridine rings is 1. The lowest BCUT2D eigenvalue weighted by Gasteiger charge is -2.24. The van der Waals surface area contributed by atoms with Crippen LogP contribution in [0.3, 0.4) is 0 Å². The summed E-state index contributed by atoms with van der Waals surface area (Å²) in [5.41, 5.74) is 2.01. The van der Waals surface area contributed by atoms with Crippen LogP contribution in [0.5, 0.6) is 0 Å². The van der Waals surface area contributed by atoms with Gasteiger partial charge in [0.15, 0.2) is 0 Å². The number of likely N-dealkylation sites (tertiary alicyclic amines) is 1. The molecule has 1 unspecified atom stereocenters. The molecule has 0 saturated carbocycles. The molecule has 2 aromatic heterocycles. The van der Waals surface area contributed by atoms with Crippen molar-refractivity contribution in [2.45, 2.75) is 46.2 Å². The Morgan fingerprint density at radius 2 is 2.20 bits per heavy atom. The molecular formula is C18H22ClFN4O. The second kappa shape index (κ2) is 7.12. The van der Waals surface area contributed by atoms with E-state index in [1.54, 1.807) is 4.90 Å². The third-order valence-electron chi connectivity index (χ3n) is 4.44. The smallest absolute Gasteiger partial charge is 0.272 e. The zero-order chi connectivity index (χ0) is 18.1. The average Bonchev–Trinajstić information content (AvgIpc) is 3.12. The summed E-state index contributed by atoms with van der Waals surface area (Å²) < 4.78 is 14.9.